The number of nitrogens with zero attached hydrogens (tertiary/aromatic N) is 4. The summed E-state index contributed by atoms with van der Waals surface area (Å²) in [6.07, 6.45) is 4.40. The van der Waals surface area contributed by atoms with Gasteiger partial charge in [0.15, 0.2) is 5.82 Å². The summed E-state index contributed by atoms with van der Waals surface area (Å²) in [5.41, 5.74) is 0.559. The Morgan fingerprint density at radius 2 is 2.04 bits per heavy atom. The first kappa shape index (κ1) is 17.2. The van der Waals surface area contributed by atoms with E-state index in [1.54, 1.807) is 0 Å². The predicted molar refractivity (Wildman–Crippen MR) is 97.8 cm³/mol. The Morgan fingerprint density at radius 3 is 2.81 bits per heavy atom. The third-order valence-corrected chi connectivity index (χ3v) is 5.39. The summed E-state index contributed by atoms with van der Waals surface area (Å²) in [7, 11) is 0. The molecule has 0 spiro atoms. The number of rotatable bonds is 3. The second kappa shape index (κ2) is 7.19. The Kier molecular flexibility index (Phi) is 4.76. The van der Waals surface area contributed by atoms with Gasteiger partial charge in [0.25, 0.3) is 5.91 Å². The number of benzene rings is 1. The fourth-order valence-corrected chi connectivity index (χ4v) is 3.85. The van der Waals surface area contributed by atoms with Crippen LogP contribution in [-0.4, -0.2) is 50.9 Å². The smallest absolute Gasteiger partial charge is 0.254 e. The molecule has 138 valence electrons. The van der Waals surface area contributed by atoms with E-state index in [4.69, 9.17) is 9.72 Å². The highest BCUT2D eigenvalue weighted by Crippen LogP contribution is 2.27. The lowest BCUT2D eigenvalue weighted by Crippen LogP contribution is -2.51. The molecule has 6 nitrogen and oxygen atoms in total. The molecule has 1 aromatic heterocycles. The lowest BCUT2D eigenvalue weighted by molar-refractivity contribution is -0.161. The van der Waals surface area contributed by atoms with Crippen LogP contribution in [0.3, 0.4) is 0 Å². The summed E-state index contributed by atoms with van der Waals surface area (Å²) in [5, 5.41) is 4.67. The average molecular weight is 354 g/mol. The van der Waals surface area contributed by atoms with E-state index in [0.717, 1.165) is 43.8 Å². The quantitative estimate of drug-likeness (QED) is 0.848. The van der Waals surface area contributed by atoms with Crippen LogP contribution in [0, 0.1) is 0 Å². The molecule has 1 aromatic carbocycles. The molecule has 3 heterocycles. The van der Waals surface area contributed by atoms with Gasteiger partial charge in [-0.2, -0.15) is 5.10 Å². The van der Waals surface area contributed by atoms with Gasteiger partial charge in [0.1, 0.15) is 11.4 Å². The molecule has 1 unspecified atom stereocenters. The van der Waals surface area contributed by atoms with Gasteiger partial charge in [-0.15, -0.1) is 0 Å². The molecular weight excluding hydrogens is 328 g/mol. The minimum absolute atomic E-state index is 0.118. The Morgan fingerprint density at radius 1 is 1.19 bits per heavy atom. The molecule has 2 aromatic rings. The Balaban J connectivity index is 1.42. The topological polar surface area (TPSA) is 60.2 Å². The van der Waals surface area contributed by atoms with E-state index in [0.29, 0.717) is 26.2 Å². The zero-order valence-electron chi connectivity index (χ0n) is 15.4. The summed E-state index contributed by atoms with van der Waals surface area (Å²) in [6.45, 7) is 4.66. The average Bonchev–Trinajstić information content (AvgIpc) is 2.94. The summed E-state index contributed by atoms with van der Waals surface area (Å²) in [4.78, 5) is 19.6. The first-order valence-corrected chi connectivity index (χ1v) is 9.54. The van der Waals surface area contributed by atoms with Gasteiger partial charge in [0.2, 0.25) is 0 Å². The fourth-order valence-electron chi connectivity index (χ4n) is 3.85. The van der Waals surface area contributed by atoms with Crippen molar-refractivity contribution in [1.29, 1.82) is 0 Å². The van der Waals surface area contributed by atoms with Crippen LogP contribution in [0.4, 0.5) is 0 Å². The van der Waals surface area contributed by atoms with E-state index >= 15 is 0 Å². The molecule has 1 amide bonds. The largest absolute Gasteiger partial charge is 0.365 e. The molecule has 0 aliphatic carbocycles. The maximum absolute atomic E-state index is 13.0. The standard InChI is InChI=1S/C20H26N4O2/c1-20(10-5-6-14-26-20)19(25)23-11-9-18-21-17(22-24(18)13-12-23)15-16-7-3-2-4-8-16/h2-4,7-8H,5-6,9-15H2,1H3. The molecule has 0 radical (unpaired) electrons. The summed E-state index contributed by atoms with van der Waals surface area (Å²) < 4.78 is 7.80. The van der Waals surface area contributed by atoms with Crippen LogP contribution in [0.1, 0.15) is 43.4 Å². The van der Waals surface area contributed by atoms with Crippen LogP contribution in [0.25, 0.3) is 0 Å². The molecule has 2 aliphatic rings. The van der Waals surface area contributed by atoms with Crippen LogP contribution in [-0.2, 0) is 28.9 Å². The van der Waals surface area contributed by atoms with Gasteiger partial charge in [0.05, 0.1) is 6.54 Å². The van der Waals surface area contributed by atoms with Crippen molar-refractivity contribution in [2.75, 3.05) is 19.7 Å². The van der Waals surface area contributed by atoms with E-state index in [9.17, 15) is 4.79 Å². The van der Waals surface area contributed by atoms with Crippen molar-refractivity contribution in [2.24, 2.45) is 0 Å². The van der Waals surface area contributed by atoms with Crippen LogP contribution >= 0.6 is 0 Å². The summed E-state index contributed by atoms with van der Waals surface area (Å²) in [6, 6.07) is 10.3. The number of hydrogen-bond acceptors (Lipinski definition) is 4. The number of fused-ring (bicyclic) bond motifs is 1. The maximum Gasteiger partial charge on any atom is 0.254 e. The molecule has 26 heavy (non-hydrogen) atoms. The zero-order chi connectivity index (χ0) is 18.0. The number of hydrogen-bond donors (Lipinski definition) is 0. The van der Waals surface area contributed by atoms with Crippen LogP contribution in [0.15, 0.2) is 30.3 Å². The van der Waals surface area contributed by atoms with Crippen molar-refractivity contribution in [3.8, 4) is 0 Å². The molecular formula is C20H26N4O2. The molecule has 2 aliphatic heterocycles. The Labute approximate surface area is 154 Å². The minimum Gasteiger partial charge on any atom is -0.365 e. The van der Waals surface area contributed by atoms with Crippen molar-refractivity contribution >= 4 is 5.91 Å². The predicted octanol–water partition coefficient (Wildman–Crippen LogP) is 2.21. The van der Waals surface area contributed by atoms with Crippen LogP contribution in [0.2, 0.25) is 0 Å². The van der Waals surface area contributed by atoms with Crippen molar-refractivity contribution < 1.29 is 9.53 Å². The van der Waals surface area contributed by atoms with Crippen molar-refractivity contribution in [3.05, 3.63) is 47.5 Å². The van der Waals surface area contributed by atoms with E-state index in [2.05, 4.69) is 17.2 Å². The zero-order valence-corrected chi connectivity index (χ0v) is 15.4. The number of carbonyl (C=O) groups excluding carboxylic acids is 1. The highest BCUT2D eigenvalue weighted by atomic mass is 16.5. The van der Waals surface area contributed by atoms with E-state index in [1.807, 2.05) is 34.7 Å². The van der Waals surface area contributed by atoms with Crippen LogP contribution < -0.4 is 0 Å². The van der Waals surface area contributed by atoms with Crippen molar-refractivity contribution in [3.63, 3.8) is 0 Å². The van der Waals surface area contributed by atoms with E-state index in [1.165, 1.54) is 5.56 Å². The molecule has 0 N–H and O–H groups in total. The third-order valence-electron chi connectivity index (χ3n) is 5.39. The maximum atomic E-state index is 13.0. The number of amides is 1. The summed E-state index contributed by atoms with van der Waals surface area (Å²) >= 11 is 0. The minimum atomic E-state index is -0.656. The highest BCUT2D eigenvalue weighted by molar-refractivity contribution is 5.85. The van der Waals surface area contributed by atoms with Gasteiger partial charge in [-0.3, -0.25) is 4.79 Å². The molecule has 1 fully saturated rings. The molecule has 6 heteroatoms. The summed E-state index contributed by atoms with van der Waals surface area (Å²) in [5.74, 6) is 1.95. The lowest BCUT2D eigenvalue weighted by atomic mass is 9.94. The first-order chi connectivity index (χ1) is 12.6. The molecule has 0 saturated carbocycles. The highest BCUT2D eigenvalue weighted by Gasteiger charge is 2.39. The fraction of sp³-hybridized carbons (Fsp3) is 0.550. The number of carbonyl (C=O) groups is 1. The Bertz CT molecular complexity index is 740. The molecule has 1 atom stereocenters. The molecule has 1 saturated heterocycles. The van der Waals surface area contributed by atoms with Gasteiger partial charge >= 0.3 is 0 Å². The Hall–Kier alpha value is -2.21. The lowest BCUT2D eigenvalue weighted by Gasteiger charge is -2.36. The third kappa shape index (κ3) is 3.51. The second-order valence-corrected chi connectivity index (χ2v) is 7.41. The van der Waals surface area contributed by atoms with Crippen molar-refractivity contribution in [2.45, 2.75) is 51.2 Å². The monoisotopic (exact) mass is 354 g/mol. The van der Waals surface area contributed by atoms with Gasteiger partial charge in [-0.05, 0) is 31.7 Å². The van der Waals surface area contributed by atoms with E-state index in [-0.39, 0.29) is 5.91 Å². The SMILES string of the molecule is CC1(C(=O)N2CCc3nc(Cc4ccccc4)nn3CC2)CCCCO1. The second-order valence-electron chi connectivity index (χ2n) is 7.41. The van der Waals surface area contributed by atoms with Gasteiger partial charge in [0, 0.05) is 32.5 Å². The first-order valence-electron chi connectivity index (χ1n) is 9.54. The molecule has 0 bridgehead atoms. The van der Waals surface area contributed by atoms with Crippen LogP contribution in [0.5, 0.6) is 0 Å². The van der Waals surface area contributed by atoms with Gasteiger partial charge in [-0.1, -0.05) is 30.3 Å². The number of ether oxygens (including phenoxy) is 1. The van der Waals surface area contributed by atoms with E-state index < -0.39 is 5.60 Å². The van der Waals surface area contributed by atoms with Crippen molar-refractivity contribution in [1.82, 2.24) is 19.7 Å². The number of aromatic nitrogens is 3. The van der Waals surface area contributed by atoms with Gasteiger partial charge < -0.3 is 9.64 Å². The van der Waals surface area contributed by atoms with Gasteiger partial charge in [-0.25, -0.2) is 9.67 Å². The normalized spacial score (nSPS) is 23.3. The molecule has 4 rings (SSSR count).